The molecule has 0 heterocycles. The quantitative estimate of drug-likeness (QED) is 0.144. The van der Waals surface area contributed by atoms with Crippen LogP contribution in [0.3, 0.4) is 0 Å². The minimum atomic E-state index is -2.28. The molecule has 0 amide bonds. The fraction of sp³-hybridized carbons (Fsp3) is 0. The Morgan fingerprint density at radius 3 is 0.469 bits per heavy atom. The zero-order valence-electron chi connectivity index (χ0n) is 27.0. The van der Waals surface area contributed by atoms with Crippen molar-refractivity contribution in [2.24, 2.45) is 0 Å². The minimum Gasteiger partial charge on any atom is -0.307 e. The van der Waals surface area contributed by atoms with Gasteiger partial charge < -0.3 is 29.5 Å². The van der Waals surface area contributed by atoms with Gasteiger partial charge in [0.2, 0.25) is 0 Å². The smallest absolute Gasteiger partial charge is 0.106 e. The molecule has 0 bridgehead atoms. The summed E-state index contributed by atoms with van der Waals surface area (Å²) in [5.74, 6) is 0. The van der Waals surface area contributed by atoms with Crippen LogP contribution in [-0.2, 0) is 38.7 Å². The predicted octanol–water partition coefficient (Wildman–Crippen LogP) is 6.74. The van der Waals surface area contributed by atoms with Gasteiger partial charge in [0, 0.05) is 19.5 Å². The van der Waals surface area contributed by atoms with Gasteiger partial charge in [-0.3, -0.25) is 0 Å². The second-order valence-corrected chi connectivity index (χ2v) is 15.1. The van der Waals surface area contributed by atoms with Gasteiger partial charge in [-0.15, -0.1) is 0 Å². The van der Waals surface area contributed by atoms with Crippen molar-refractivity contribution >= 4 is 73.1 Å². The summed E-state index contributed by atoms with van der Waals surface area (Å²) in [5, 5.41) is 25.1. The monoisotopic (exact) mass is 777 g/mol. The Morgan fingerprint density at radius 1 is 0.265 bits per heavy atom. The van der Waals surface area contributed by atoms with Gasteiger partial charge in [-0.25, -0.2) is 0 Å². The zero-order chi connectivity index (χ0) is 35.7. The third kappa shape index (κ3) is 11.6. The van der Waals surface area contributed by atoms with Crippen molar-refractivity contribution in [1.82, 2.24) is 0 Å². The average molecular weight is 778 g/mol. The summed E-state index contributed by atoms with van der Waals surface area (Å²) in [6.07, 6.45) is 0. The molecule has 0 spiro atoms. The van der Waals surface area contributed by atoms with Gasteiger partial charge in [0.15, 0.2) is 0 Å². The second kappa shape index (κ2) is 25.1. The number of hydrogen-bond donors (Lipinski definition) is 2. The van der Waals surface area contributed by atoms with E-state index in [1.807, 2.05) is 136 Å². The molecule has 253 valence electrons. The third-order valence-electron chi connectivity index (χ3n) is 6.86. The molecule has 0 unspecified atom stereocenters. The molecule has 6 rings (SSSR count). The molecule has 0 aliphatic heterocycles. The summed E-state index contributed by atoms with van der Waals surface area (Å²) in [5.41, 5.74) is 0. The normalized spacial score (nSPS) is 9.47. The van der Waals surface area contributed by atoms with Crippen LogP contribution in [0.15, 0.2) is 182 Å². The molecule has 0 saturated carbocycles. The fourth-order valence-electron chi connectivity index (χ4n) is 4.80. The molecule has 0 saturated heterocycles. The molecule has 2 N–H and O–H groups in total. The Morgan fingerprint density at radius 2 is 0.367 bits per heavy atom. The molecule has 49 heavy (non-hydrogen) atoms. The first-order chi connectivity index (χ1) is 23.6. The van der Waals surface area contributed by atoms with Crippen LogP contribution >= 0.6 is 14.1 Å². The van der Waals surface area contributed by atoms with E-state index in [9.17, 15) is 10.3 Å². The SMILES string of the molecule is C=O.C=O.C=O.C=O.N=P(c1ccccc1)(c1ccccc1)c1ccccc1.N=P(c1ccccc1)(c1ccccc1)c1ccccc1.[Rh]. The van der Waals surface area contributed by atoms with Crippen molar-refractivity contribution in [3.05, 3.63) is 182 Å². The van der Waals surface area contributed by atoms with Gasteiger partial charge in [0.25, 0.3) is 0 Å². The van der Waals surface area contributed by atoms with Crippen molar-refractivity contribution in [3.8, 4) is 0 Å². The average Bonchev–Trinajstić information content (AvgIpc) is 3.22. The van der Waals surface area contributed by atoms with Crippen LogP contribution in [0.2, 0.25) is 0 Å². The molecule has 6 aromatic rings. The van der Waals surface area contributed by atoms with E-state index in [1.165, 1.54) is 0 Å². The van der Waals surface area contributed by atoms with Gasteiger partial charge >= 0.3 is 0 Å². The molecule has 0 atom stereocenters. The number of carbonyl (C=O) groups excluding carboxylic acids is 4. The van der Waals surface area contributed by atoms with Crippen molar-refractivity contribution < 1.29 is 38.7 Å². The number of nitrogens with one attached hydrogen (secondary N) is 2. The first kappa shape index (κ1) is 44.1. The third-order valence-corrected chi connectivity index (χ3v) is 13.3. The predicted molar refractivity (Wildman–Crippen MR) is 204 cm³/mol. The first-order valence-electron chi connectivity index (χ1n) is 14.4. The molecule has 0 aliphatic carbocycles. The van der Waals surface area contributed by atoms with Gasteiger partial charge in [0.05, 0.1) is 14.1 Å². The standard InChI is InChI=1S/2C18H16NP.4CH2O.Rh/c2*19-20(16-10-4-1-5-11-16,17-12-6-2-7-13-17)18-14-8-3-9-15-18;4*1-2;/h2*1-15,19H;4*1H2;. The number of benzene rings is 6. The van der Waals surface area contributed by atoms with E-state index in [2.05, 4.69) is 72.8 Å². The van der Waals surface area contributed by atoms with E-state index >= 15 is 0 Å². The fourth-order valence-corrected chi connectivity index (χ4v) is 10.3. The topological polar surface area (TPSA) is 116 Å². The molecular weight excluding hydrogens is 737 g/mol. The number of carbonyl (C=O) groups is 4. The molecule has 6 aromatic carbocycles. The molecule has 9 heteroatoms. The number of rotatable bonds is 6. The summed E-state index contributed by atoms with van der Waals surface area (Å²) in [4.78, 5) is 32.0. The van der Waals surface area contributed by atoms with Gasteiger partial charge in [0.1, 0.15) is 27.2 Å². The minimum absolute atomic E-state index is 0. The van der Waals surface area contributed by atoms with Crippen molar-refractivity contribution in [3.63, 3.8) is 0 Å². The zero-order valence-corrected chi connectivity index (χ0v) is 30.4. The van der Waals surface area contributed by atoms with Gasteiger partial charge in [-0.2, -0.15) is 0 Å². The summed E-state index contributed by atoms with van der Waals surface area (Å²) >= 11 is 0. The van der Waals surface area contributed by atoms with Crippen LogP contribution < -0.4 is 31.8 Å². The Hall–Kier alpha value is -4.92. The van der Waals surface area contributed by atoms with Crippen LogP contribution in [0.1, 0.15) is 0 Å². The maximum atomic E-state index is 9.25. The molecule has 0 aliphatic rings. The van der Waals surface area contributed by atoms with Gasteiger partial charge in [-0.1, -0.05) is 182 Å². The van der Waals surface area contributed by atoms with Crippen molar-refractivity contribution in [1.29, 1.82) is 10.3 Å². The first-order valence-corrected chi connectivity index (χ1v) is 18.0. The summed E-state index contributed by atoms with van der Waals surface area (Å²) in [7, 11) is -4.55. The Bertz CT molecular complexity index is 1460. The van der Waals surface area contributed by atoms with Crippen LogP contribution in [0, 0.1) is 10.3 Å². The van der Waals surface area contributed by atoms with Gasteiger partial charge in [-0.05, 0) is 31.8 Å². The Labute approximate surface area is 302 Å². The summed E-state index contributed by atoms with van der Waals surface area (Å²) < 4.78 is 0. The molecule has 1 radical (unpaired) electrons. The van der Waals surface area contributed by atoms with E-state index in [0.717, 1.165) is 31.8 Å². The Kier molecular flexibility index (Phi) is 22.6. The van der Waals surface area contributed by atoms with E-state index in [4.69, 9.17) is 19.2 Å². The largest absolute Gasteiger partial charge is 0.307 e. The van der Waals surface area contributed by atoms with Crippen LogP contribution in [0.25, 0.3) is 0 Å². The molecule has 0 aromatic heterocycles. The van der Waals surface area contributed by atoms with Crippen LogP contribution in [0.4, 0.5) is 0 Å². The molecular formula is C40H40N2O4P2Rh. The second-order valence-electron chi connectivity index (χ2n) is 9.35. The summed E-state index contributed by atoms with van der Waals surface area (Å²) in [6.45, 7) is 8.00. The Balaban J connectivity index is 0.000000769. The van der Waals surface area contributed by atoms with Crippen LogP contribution in [0.5, 0.6) is 0 Å². The van der Waals surface area contributed by atoms with E-state index in [0.29, 0.717) is 0 Å². The van der Waals surface area contributed by atoms with E-state index in [1.54, 1.807) is 0 Å². The summed E-state index contributed by atoms with van der Waals surface area (Å²) in [6, 6.07) is 61.1. The van der Waals surface area contributed by atoms with Crippen molar-refractivity contribution in [2.75, 3.05) is 0 Å². The molecule has 0 fully saturated rings. The van der Waals surface area contributed by atoms with Crippen LogP contribution in [-0.4, -0.2) is 27.2 Å². The van der Waals surface area contributed by atoms with E-state index < -0.39 is 14.1 Å². The van der Waals surface area contributed by atoms with Crippen molar-refractivity contribution in [2.45, 2.75) is 0 Å². The maximum Gasteiger partial charge on any atom is 0.106 e. The van der Waals surface area contributed by atoms with E-state index in [-0.39, 0.29) is 19.5 Å². The molecule has 6 nitrogen and oxygen atoms in total. The maximum absolute atomic E-state index is 9.25. The number of hydrogen-bond acceptors (Lipinski definition) is 6.